The fourth-order valence-corrected chi connectivity index (χ4v) is 18.3. The Morgan fingerprint density at radius 3 is 1.71 bits per heavy atom. The standard InChI is InChI=1S/C6H5N2.3C4H9.Sn/c1-2-6-7-4-3-5-8-6;3*1-3-4-2;/h3-5H,1H2;3*1,3-4H2,2H3;. The summed E-state index contributed by atoms with van der Waals surface area (Å²) in [5, 5.41) is 0. The van der Waals surface area contributed by atoms with E-state index in [0.29, 0.717) is 0 Å². The van der Waals surface area contributed by atoms with Crippen LogP contribution in [0, 0.1) is 0 Å². The number of rotatable bonds is 11. The van der Waals surface area contributed by atoms with Gasteiger partial charge < -0.3 is 0 Å². The first-order valence-electron chi connectivity index (χ1n) is 8.67. The monoisotopic (exact) mass is 396 g/mol. The van der Waals surface area contributed by atoms with Gasteiger partial charge in [0.05, 0.1) is 0 Å². The summed E-state index contributed by atoms with van der Waals surface area (Å²) in [6, 6.07) is 1.90. The van der Waals surface area contributed by atoms with Crippen LogP contribution in [0.4, 0.5) is 0 Å². The van der Waals surface area contributed by atoms with Gasteiger partial charge in [-0.25, -0.2) is 0 Å². The van der Waals surface area contributed by atoms with Crippen molar-refractivity contribution in [2.24, 2.45) is 0 Å². The van der Waals surface area contributed by atoms with E-state index in [0.717, 1.165) is 5.82 Å². The van der Waals surface area contributed by atoms with Crippen molar-refractivity contribution in [1.82, 2.24) is 9.97 Å². The van der Waals surface area contributed by atoms with Crippen molar-refractivity contribution in [3.63, 3.8) is 0 Å². The average Bonchev–Trinajstić information content (AvgIpc) is 2.55. The molecule has 0 aliphatic rings. The topological polar surface area (TPSA) is 25.8 Å². The molecule has 0 N–H and O–H groups in total. The maximum atomic E-state index is 4.52. The summed E-state index contributed by atoms with van der Waals surface area (Å²) in [7, 11) is 0. The van der Waals surface area contributed by atoms with E-state index in [1.807, 2.05) is 18.5 Å². The van der Waals surface area contributed by atoms with Gasteiger partial charge in [0.1, 0.15) is 0 Å². The molecule has 0 bridgehead atoms. The molecular weight excluding hydrogens is 363 g/mol. The van der Waals surface area contributed by atoms with Crippen molar-refractivity contribution < 1.29 is 0 Å². The van der Waals surface area contributed by atoms with Crippen molar-refractivity contribution >= 4 is 22.0 Å². The zero-order valence-corrected chi connectivity index (χ0v) is 17.1. The fourth-order valence-electron chi connectivity index (χ4n) is 3.07. The predicted octanol–water partition coefficient (Wildman–Crippen LogP) is 5.88. The first-order chi connectivity index (χ1) is 10.2. The third-order valence-corrected chi connectivity index (χ3v) is 20.0. The molecule has 0 radical (unpaired) electrons. The van der Waals surface area contributed by atoms with E-state index in [4.69, 9.17) is 0 Å². The van der Waals surface area contributed by atoms with Gasteiger partial charge in [-0.15, -0.1) is 0 Å². The summed E-state index contributed by atoms with van der Waals surface area (Å²) in [5.74, 6) is 0.941. The molecule has 1 heterocycles. The van der Waals surface area contributed by atoms with E-state index in [-0.39, 0.29) is 0 Å². The van der Waals surface area contributed by atoms with E-state index < -0.39 is 18.4 Å². The molecule has 0 spiro atoms. The van der Waals surface area contributed by atoms with Crippen LogP contribution in [0.2, 0.25) is 13.3 Å². The molecule has 3 heteroatoms. The van der Waals surface area contributed by atoms with Crippen LogP contribution in [0.15, 0.2) is 25.0 Å². The van der Waals surface area contributed by atoms with Crippen LogP contribution < -0.4 is 0 Å². The zero-order valence-electron chi connectivity index (χ0n) is 14.2. The molecule has 2 nitrogen and oxygen atoms in total. The van der Waals surface area contributed by atoms with Crippen molar-refractivity contribution in [3.05, 3.63) is 30.9 Å². The van der Waals surface area contributed by atoms with E-state index in [2.05, 4.69) is 37.3 Å². The summed E-state index contributed by atoms with van der Waals surface area (Å²) < 4.78 is 5.67. The molecule has 0 saturated heterocycles. The van der Waals surface area contributed by atoms with Gasteiger partial charge in [-0.05, 0) is 0 Å². The summed E-state index contributed by atoms with van der Waals surface area (Å²) in [5.41, 5.74) is 0. The Labute approximate surface area is 135 Å². The second-order valence-electron chi connectivity index (χ2n) is 6.14. The van der Waals surface area contributed by atoms with Gasteiger partial charge >= 0.3 is 135 Å². The molecule has 0 aromatic carbocycles. The molecule has 21 heavy (non-hydrogen) atoms. The van der Waals surface area contributed by atoms with Crippen LogP contribution in [0.5, 0.6) is 0 Å². The van der Waals surface area contributed by atoms with Crippen LogP contribution in [0.25, 0.3) is 3.59 Å². The molecule has 0 fully saturated rings. The third-order valence-electron chi connectivity index (χ3n) is 4.50. The Balaban J connectivity index is 3.02. The number of unbranched alkanes of at least 4 members (excludes halogenated alkanes) is 3. The predicted molar refractivity (Wildman–Crippen MR) is 96.0 cm³/mol. The number of nitrogens with zero attached hydrogens (tertiary/aromatic N) is 2. The Morgan fingerprint density at radius 2 is 1.33 bits per heavy atom. The van der Waals surface area contributed by atoms with Gasteiger partial charge in [-0.1, -0.05) is 0 Å². The van der Waals surface area contributed by atoms with Crippen molar-refractivity contribution in [2.45, 2.75) is 72.6 Å². The van der Waals surface area contributed by atoms with Gasteiger partial charge in [-0.3, -0.25) is 0 Å². The van der Waals surface area contributed by atoms with Crippen molar-refractivity contribution in [3.8, 4) is 0 Å². The minimum absolute atomic E-state index is 0.941. The molecule has 0 aliphatic carbocycles. The molecule has 1 rings (SSSR count). The van der Waals surface area contributed by atoms with E-state index in [1.54, 1.807) is 0 Å². The Kier molecular flexibility index (Phi) is 9.21. The molecule has 0 unspecified atom stereocenters. The van der Waals surface area contributed by atoms with Crippen LogP contribution in [0.3, 0.4) is 0 Å². The Hall–Kier alpha value is -0.381. The molecule has 0 atom stereocenters. The SMILES string of the molecule is C=[C](c1ncccn1)[Sn]([CH2]CCC)([CH2]CCC)[CH2]CCC. The molecule has 0 amide bonds. The summed E-state index contributed by atoms with van der Waals surface area (Å²) in [4.78, 5) is 9.02. The quantitative estimate of drug-likeness (QED) is 0.438. The molecule has 1 aromatic rings. The van der Waals surface area contributed by atoms with Gasteiger partial charge in [-0.2, -0.15) is 0 Å². The molecule has 0 saturated carbocycles. The van der Waals surface area contributed by atoms with Crippen LogP contribution in [0.1, 0.15) is 65.1 Å². The normalized spacial score (nSPS) is 11.6. The molecule has 118 valence electrons. The molecule has 1 aromatic heterocycles. The number of aromatic nitrogens is 2. The van der Waals surface area contributed by atoms with Gasteiger partial charge in [0, 0.05) is 0 Å². The van der Waals surface area contributed by atoms with Crippen LogP contribution in [-0.4, -0.2) is 28.3 Å². The zero-order chi connectivity index (χ0) is 15.6. The van der Waals surface area contributed by atoms with E-state index in [1.165, 1.54) is 55.4 Å². The van der Waals surface area contributed by atoms with E-state index >= 15 is 0 Å². The van der Waals surface area contributed by atoms with Crippen LogP contribution in [-0.2, 0) is 0 Å². The summed E-state index contributed by atoms with van der Waals surface area (Å²) >= 11 is -2.40. The number of hydrogen-bond acceptors (Lipinski definition) is 2. The molecule has 0 aliphatic heterocycles. The van der Waals surface area contributed by atoms with Gasteiger partial charge in [0.25, 0.3) is 0 Å². The van der Waals surface area contributed by atoms with Crippen molar-refractivity contribution in [1.29, 1.82) is 0 Å². The summed E-state index contributed by atoms with van der Waals surface area (Å²) in [6.07, 6.45) is 11.7. The minimum atomic E-state index is -2.40. The first-order valence-corrected chi connectivity index (χ1v) is 16.1. The third kappa shape index (κ3) is 5.72. The fraction of sp³-hybridized carbons (Fsp3) is 0.667. The van der Waals surface area contributed by atoms with Crippen LogP contribution >= 0.6 is 0 Å². The Morgan fingerprint density at radius 1 is 0.905 bits per heavy atom. The van der Waals surface area contributed by atoms with E-state index in [9.17, 15) is 0 Å². The van der Waals surface area contributed by atoms with Gasteiger partial charge in [0.15, 0.2) is 0 Å². The second kappa shape index (κ2) is 10.4. The molecular formula is C18H32N2Sn. The first kappa shape index (κ1) is 18.7. The van der Waals surface area contributed by atoms with Crippen molar-refractivity contribution in [2.75, 3.05) is 0 Å². The summed E-state index contributed by atoms with van der Waals surface area (Å²) in [6.45, 7) is 11.4. The Bertz CT molecular complexity index is 381. The maximum absolute atomic E-state index is 4.52. The average molecular weight is 395 g/mol. The second-order valence-corrected chi connectivity index (χ2v) is 19.5. The number of hydrogen-bond donors (Lipinski definition) is 0. The van der Waals surface area contributed by atoms with Gasteiger partial charge in [0.2, 0.25) is 0 Å².